The smallest absolute Gasteiger partial charge is 0.227 e. The number of amides is 2. The van der Waals surface area contributed by atoms with Crippen molar-refractivity contribution in [2.45, 2.75) is 6.42 Å². The average Bonchev–Trinajstić information content (AvgIpc) is 2.78. The Balaban J connectivity index is 1.63. The summed E-state index contributed by atoms with van der Waals surface area (Å²) in [5.74, 6) is -2.00. The third-order valence-corrected chi connectivity index (χ3v) is 4.09. The van der Waals surface area contributed by atoms with Gasteiger partial charge in [0.25, 0.3) is 0 Å². The molecular weight excluding hydrogens is 292 g/mol. The molecule has 5 nitrogen and oxygen atoms in total. The van der Waals surface area contributed by atoms with E-state index in [1.807, 2.05) is 0 Å². The molecule has 118 valence electrons. The van der Waals surface area contributed by atoms with E-state index in [4.69, 9.17) is 0 Å². The average molecular weight is 309 g/mol. The predicted octanol–water partition coefficient (Wildman–Crippen LogP) is 0.653. The minimum atomic E-state index is -0.742. The van der Waals surface area contributed by atoms with E-state index in [0.717, 1.165) is 31.3 Å². The summed E-state index contributed by atoms with van der Waals surface area (Å²) in [7, 11) is 0. The van der Waals surface area contributed by atoms with Crippen molar-refractivity contribution in [1.29, 1.82) is 0 Å². The van der Waals surface area contributed by atoms with Gasteiger partial charge in [-0.3, -0.25) is 9.59 Å². The quantitative estimate of drug-likeness (QED) is 0.859. The van der Waals surface area contributed by atoms with Gasteiger partial charge in [-0.05, 0) is 12.1 Å². The summed E-state index contributed by atoms with van der Waals surface area (Å²) < 4.78 is 26.5. The Hall–Kier alpha value is -2.02. The lowest BCUT2D eigenvalue weighted by molar-refractivity contribution is -0.126. The molecule has 0 aliphatic carbocycles. The maximum Gasteiger partial charge on any atom is 0.227 e. The SMILES string of the molecule is O=C(NCC1CNC1)C1CC(=O)N(c2cc(F)cc(F)c2)C1. The first-order valence-corrected chi connectivity index (χ1v) is 7.28. The molecule has 0 bridgehead atoms. The van der Waals surface area contributed by atoms with Gasteiger partial charge in [-0.25, -0.2) is 8.78 Å². The van der Waals surface area contributed by atoms with Gasteiger partial charge in [0, 0.05) is 50.3 Å². The van der Waals surface area contributed by atoms with Gasteiger partial charge >= 0.3 is 0 Å². The number of rotatable bonds is 4. The molecule has 0 saturated carbocycles. The second-order valence-corrected chi connectivity index (χ2v) is 5.80. The first-order valence-electron chi connectivity index (χ1n) is 7.28. The highest BCUT2D eigenvalue weighted by Crippen LogP contribution is 2.26. The number of hydrogen-bond donors (Lipinski definition) is 2. The first-order chi connectivity index (χ1) is 10.5. The van der Waals surface area contributed by atoms with Gasteiger partial charge in [0.05, 0.1) is 5.92 Å². The van der Waals surface area contributed by atoms with Crippen LogP contribution in [0.4, 0.5) is 14.5 Å². The minimum absolute atomic E-state index is 0.0624. The van der Waals surface area contributed by atoms with Crippen LogP contribution >= 0.6 is 0 Å². The fourth-order valence-electron chi connectivity index (χ4n) is 2.71. The van der Waals surface area contributed by atoms with Gasteiger partial charge in [-0.2, -0.15) is 0 Å². The summed E-state index contributed by atoms with van der Waals surface area (Å²) >= 11 is 0. The Morgan fingerprint density at radius 1 is 1.27 bits per heavy atom. The standard InChI is InChI=1S/C15H17F2N3O2/c16-11-2-12(17)4-13(3-11)20-8-10(1-14(20)21)15(22)19-7-9-5-18-6-9/h2-4,9-10,18H,1,5-8H2,(H,19,22). The number of anilines is 1. The number of nitrogens with zero attached hydrogens (tertiary/aromatic N) is 1. The molecule has 2 heterocycles. The Bertz CT molecular complexity index is 584. The van der Waals surface area contributed by atoms with Crippen LogP contribution in [-0.4, -0.2) is 38.0 Å². The number of benzene rings is 1. The van der Waals surface area contributed by atoms with E-state index in [1.165, 1.54) is 4.90 Å². The van der Waals surface area contributed by atoms with Crippen molar-refractivity contribution >= 4 is 17.5 Å². The topological polar surface area (TPSA) is 61.4 Å². The highest BCUT2D eigenvalue weighted by Gasteiger charge is 2.35. The van der Waals surface area contributed by atoms with E-state index in [-0.39, 0.29) is 30.5 Å². The Kier molecular flexibility index (Phi) is 4.06. The fourth-order valence-corrected chi connectivity index (χ4v) is 2.71. The monoisotopic (exact) mass is 309 g/mol. The van der Waals surface area contributed by atoms with Crippen LogP contribution in [0, 0.1) is 23.5 Å². The summed E-state index contributed by atoms with van der Waals surface area (Å²) in [5, 5.41) is 5.95. The zero-order valence-corrected chi connectivity index (χ0v) is 11.9. The molecule has 0 aromatic heterocycles. The number of carbonyl (C=O) groups is 2. The molecule has 1 atom stereocenters. The van der Waals surface area contributed by atoms with Gasteiger partial charge in [0.1, 0.15) is 11.6 Å². The van der Waals surface area contributed by atoms with Crippen LogP contribution in [0.5, 0.6) is 0 Å². The highest BCUT2D eigenvalue weighted by molar-refractivity contribution is 6.00. The van der Waals surface area contributed by atoms with E-state index in [1.54, 1.807) is 0 Å². The zero-order valence-electron chi connectivity index (χ0n) is 11.9. The molecule has 1 aromatic carbocycles. The van der Waals surface area contributed by atoms with E-state index in [0.29, 0.717) is 12.5 Å². The van der Waals surface area contributed by atoms with Crippen LogP contribution in [0.25, 0.3) is 0 Å². The zero-order chi connectivity index (χ0) is 15.7. The summed E-state index contributed by atoms with van der Waals surface area (Å²) in [6.07, 6.45) is 0.0624. The summed E-state index contributed by atoms with van der Waals surface area (Å²) in [6, 6.07) is 2.95. The predicted molar refractivity (Wildman–Crippen MR) is 76.2 cm³/mol. The maximum absolute atomic E-state index is 13.3. The first kappa shape index (κ1) is 14.9. The van der Waals surface area contributed by atoms with Gasteiger partial charge in [-0.15, -0.1) is 0 Å². The van der Waals surface area contributed by atoms with Crippen LogP contribution < -0.4 is 15.5 Å². The molecule has 0 radical (unpaired) electrons. The lowest BCUT2D eigenvalue weighted by Crippen LogP contribution is -2.49. The molecule has 2 aliphatic heterocycles. The van der Waals surface area contributed by atoms with Crippen molar-refractivity contribution in [3.63, 3.8) is 0 Å². The van der Waals surface area contributed by atoms with Gasteiger partial charge < -0.3 is 15.5 Å². The molecule has 22 heavy (non-hydrogen) atoms. The summed E-state index contributed by atoms with van der Waals surface area (Å²) in [6.45, 7) is 2.51. The second-order valence-electron chi connectivity index (χ2n) is 5.80. The number of halogens is 2. The van der Waals surface area contributed by atoms with E-state index in [9.17, 15) is 18.4 Å². The van der Waals surface area contributed by atoms with Crippen LogP contribution in [0.15, 0.2) is 18.2 Å². The van der Waals surface area contributed by atoms with Gasteiger partial charge in [0.2, 0.25) is 11.8 Å². The maximum atomic E-state index is 13.3. The number of nitrogens with one attached hydrogen (secondary N) is 2. The van der Waals surface area contributed by atoms with E-state index < -0.39 is 17.6 Å². The molecular formula is C15H17F2N3O2. The second kappa shape index (κ2) is 6.00. The third-order valence-electron chi connectivity index (χ3n) is 4.09. The molecule has 1 aromatic rings. The normalized spacial score (nSPS) is 21.8. The largest absolute Gasteiger partial charge is 0.355 e. The van der Waals surface area contributed by atoms with Crippen LogP contribution in [0.3, 0.4) is 0 Å². The van der Waals surface area contributed by atoms with Crippen LogP contribution in [-0.2, 0) is 9.59 Å². The molecule has 2 amide bonds. The molecule has 2 saturated heterocycles. The molecule has 0 spiro atoms. The van der Waals surface area contributed by atoms with Crippen molar-refractivity contribution < 1.29 is 18.4 Å². The van der Waals surface area contributed by atoms with Crippen molar-refractivity contribution in [2.75, 3.05) is 31.1 Å². The van der Waals surface area contributed by atoms with E-state index >= 15 is 0 Å². The molecule has 1 unspecified atom stereocenters. The Morgan fingerprint density at radius 2 is 1.95 bits per heavy atom. The van der Waals surface area contributed by atoms with Crippen molar-refractivity contribution in [3.05, 3.63) is 29.8 Å². The highest BCUT2D eigenvalue weighted by atomic mass is 19.1. The fraction of sp³-hybridized carbons (Fsp3) is 0.467. The van der Waals surface area contributed by atoms with Crippen LogP contribution in [0.1, 0.15) is 6.42 Å². The lowest BCUT2D eigenvalue weighted by Gasteiger charge is -2.27. The Morgan fingerprint density at radius 3 is 2.55 bits per heavy atom. The minimum Gasteiger partial charge on any atom is -0.355 e. The van der Waals surface area contributed by atoms with Crippen molar-refractivity contribution in [1.82, 2.24) is 10.6 Å². The molecule has 2 fully saturated rings. The lowest BCUT2D eigenvalue weighted by atomic mass is 10.0. The number of carbonyl (C=O) groups excluding carboxylic acids is 2. The molecule has 2 N–H and O–H groups in total. The van der Waals surface area contributed by atoms with Crippen LogP contribution in [0.2, 0.25) is 0 Å². The molecule has 7 heteroatoms. The van der Waals surface area contributed by atoms with Gasteiger partial charge in [-0.1, -0.05) is 0 Å². The third kappa shape index (κ3) is 3.09. The van der Waals surface area contributed by atoms with Crippen molar-refractivity contribution in [3.8, 4) is 0 Å². The molecule has 2 aliphatic rings. The summed E-state index contributed by atoms with van der Waals surface area (Å²) in [5.41, 5.74) is 0.154. The van der Waals surface area contributed by atoms with E-state index in [2.05, 4.69) is 10.6 Å². The van der Waals surface area contributed by atoms with Crippen molar-refractivity contribution in [2.24, 2.45) is 11.8 Å². The molecule has 3 rings (SSSR count). The number of hydrogen-bond acceptors (Lipinski definition) is 3. The summed E-state index contributed by atoms with van der Waals surface area (Å²) in [4.78, 5) is 25.4. The Labute approximate surface area is 126 Å². The van der Waals surface area contributed by atoms with Gasteiger partial charge in [0.15, 0.2) is 0 Å².